The molecule has 0 aromatic carbocycles. The number of imidazole rings is 1. The number of fused-ring (bicyclic) bond motifs is 1. The van der Waals surface area contributed by atoms with Crippen LogP contribution in [0, 0.1) is 12.7 Å². The maximum absolute atomic E-state index is 13.9. The van der Waals surface area contributed by atoms with Gasteiger partial charge in [0.15, 0.2) is 11.5 Å². The molecule has 0 aliphatic carbocycles. The van der Waals surface area contributed by atoms with Crippen LogP contribution in [0.1, 0.15) is 16.1 Å². The third-order valence-electron chi connectivity index (χ3n) is 2.77. The summed E-state index contributed by atoms with van der Waals surface area (Å²) in [6, 6.07) is 1.20. The van der Waals surface area contributed by atoms with E-state index in [2.05, 4.69) is 20.3 Å². The van der Waals surface area contributed by atoms with Crippen LogP contribution in [0.5, 0.6) is 0 Å². The Labute approximate surface area is 123 Å². The van der Waals surface area contributed by atoms with Crippen molar-refractivity contribution in [1.82, 2.24) is 19.4 Å². The second-order valence-electron chi connectivity index (χ2n) is 4.38. The number of aryl methyl sites for hydroxylation is 1. The zero-order valence-electron chi connectivity index (χ0n) is 10.8. The lowest BCUT2D eigenvalue weighted by Gasteiger charge is -2.06. The summed E-state index contributed by atoms with van der Waals surface area (Å²) in [5.74, 6) is -0.976. The van der Waals surface area contributed by atoms with Crippen LogP contribution < -0.4 is 5.32 Å². The normalized spacial score (nSPS) is 10.8. The molecular weight excluding hydrogens is 297 g/mol. The summed E-state index contributed by atoms with van der Waals surface area (Å²) in [5.41, 5.74) is 1.42. The summed E-state index contributed by atoms with van der Waals surface area (Å²) >= 11 is 5.55. The van der Waals surface area contributed by atoms with Crippen molar-refractivity contribution in [2.24, 2.45) is 0 Å². The Morgan fingerprint density at radius 3 is 2.76 bits per heavy atom. The third kappa shape index (κ3) is 2.68. The van der Waals surface area contributed by atoms with Crippen LogP contribution in [0.15, 0.2) is 30.9 Å². The van der Waals surface area contributed by atoms with E-state index in [0.29, 0.717) is 11.4 Å². The Balaban J connectivity index is 1.90. The second kappa shape index (κ2) is 5.10. The Morgan fingerprint density at radius 2 is 2.05 bits per heavy atom. The average Bonchev–Trinajstić information content (AvgIpc) is 2.80. The van der Waals surface area contributed by atoms with Gasteiger partial charge < -0.3 is 9.72 Å². The predicted octanol–water partition coefficient (Wildman–Crippen LogP) is 2.48. The van der Waals surface area contributed by atoms with Gasteiger partial charge in [-0.1, -0.05) is 0 Å². The van der Waals surface area contributed by atoms with Crippen molar-refractivity contribution in [3.63, 3.8) is 0 Å². The molecule has 0 aliphatic heterocycles. The van der Waals surface area contributed by atoms with Gasteiger partial charge in [0.2, 0.25) is 5.28 Å². The molecule has 0 fully saturated rings. The Morgan fingerprint density at radius 1 is 1.33 bits per heavy atom. The Hall–Kier alpha value is -2.54. The quantitative estimate of drug-likeness (QED) is 0.738. The topological polar surface area (TPSA) is 72.2 Å². The lowest BCUT2D eigenvalue weighted by atomic mass is 10.3. The molecular formula is C13H9ClFN5O. The molecule has 3 rings (SSSR count). The molecule has 3 aromatic heterocycles. The molecule has 3 heterocycles. The van der Waals surface area contributed by atoms with Gasteiger partial charge in [0, 0.05) is 30.9 Å². The van der Waals surface area contributed by atoms with Gasteiger partial charge in [0.25, 0.3) is 5.91 Å². The molecule has 1 N–H and O–H groups in total. The van der Waals surface area contributed by atoms with Crippen LogP contribution in [-0.2, 0) is 0 Å². The monoisotopic (exact) mass is 305 g/mol. The fraction of sp³-hybridized carbons (Fsp3) is 0.0769. The highest BCUT2D eigenvalue weighted by molar-refractivity contribution is 6.28. The fourth-order valence-electron chi connectivity index (χ4n) is 1.88. The molecule has 3 aromatic rings. The maximum Gasteiger partial charge on any atom is 0.258 e. The maximum atomic E-state index is 13.9. The van der Waals surface area contributed by atoms with Gasteiger partial charge in [-0.25, -0.2) is 19.3 Å². The summed E-state index contributed by atoms with van der Waals surface area (Å²) in [4.78, 5) is 23.5. The van der Waals surface area contributed by atoms with Gasteiger partial charge in [0.05, 0.1) is 16.9 Å². The van der Waals surface area contributed by atoms with E-state index in [9.17, 15) is 9.18 Å². The smallest absolute Gasteiger partial charge is 0.258 e. The zero-order chi connectivity index (χ0) is 15.0. The third-order valence-corrected chi connectivity index (χ3v) is 2.96. The number of aromatic nitrogens is 4. The number of rotatable bonds is 2. The minimum Gasteiger partial charge on any atom is -0.320 e. The van der Waals surface area contributed by atoms with Gasteiger partial charge in [-0.2, -0.15) is 0 Å². The van der Waals surface area contributed by atoms with Crippen LogP contribution in [-0.4, -0.2) is 25.3 Å². The minimum atomic E-state index is -0.520. The van der Waals surface area contributed by atoms with Gasteiger partial charge in [0.1, 0.15) is 0 Å². The van der Waals surface area contributed by atoms with Crippen molar-refractivity contribution in [2.45, 2.75) is 6.92 Å². The van der Waals surface area contributed by atoms with Crippen LogP contribution >= 0.6 is 11.6 Å². The molecule has 6 nitrogen and oxygen atoms in total. The van der Waals surface area contributed by atoms with Crippen LogP contribution in [0.25, 0.3) is 5.65 Å². The summed E-state index contributed by atoms with van der Waals surface area (Å²) in [5, 5.41) is 2.62. The van der Waals surface area contributed by atoms with Crippen molar-refractivity contribution in [1.29, 1.82) is 0 Å². The first-order chi connectivity index (χ1) is 10.0. The standard InChI is InChI=1S/C13H9ClFN5O/c1-7-5-20-6-9(2-10(15)11(20)18-7)19-12(21)8-3-16-13(14)17-4-8/h2-6H,1H3,(H,19,21). The number of pyridine rings is 1. The first-order valence-corrected chi connectivity index (χ1v) is 6.34. The van der Waals surface area contributed by atoms with Crippen molar-refractivity contribution in [3.8, 4) is 0 Å². The van der Waals surface area contributed by atoms with Crippen LogP contribution in [0.2, 0.25) is 5.28 Å². The minimum absolute atomic E-state index is 0.0490. The highest BCUT2D eigenvalue weighted by Crippen LogP contribution is 2.16. The molecule has 21 heavy (non-hydrogen) atoms. The van der Waals surface area contributed by atoms with E-state index in [4.69, 9.17) is 11.6 Å². The lowest BCUT2D eigenvalue weighted by molar-refractivity contribution is 0.102. The number of carbonyl (C=O) groups is 1. The summed E-state index contributed by atoms with van der Waals surface area (Å²) in [7, 11) is 0. The molecule has 0 unspecified atom stereocenters. The summed E-state index contributed by atoms with van der Waals surface area (Å²) in [6.45, 7) is 1.76. The highest BCUT2D eigenvalue weighted by Gasteiger charge is 2.11. The largest absolute Gasteiger partial charge is 0.320 e. The summed E-state index contributed by atoms with van der Waals surface area (Å²) in [6.07, 6.45) is 5.83. The number of nitrogens with zero attached hydrogens (tertiary/aromatic N) is 4. The number of halogens is 2. The average molecular weight is 306 g/mol. The predicted molar refractivity (Wildman–Crippen MR) is 74.9 cm³/mol. The van der Waals surface area contributed by atoms with E-state index >= 15 is 0 Å². The molecule has 0 atom stereocenters. The number of amides is 1. The van der Waals surface area contributed by atoms with Gasteiger partial charge in [-0.15, -0.1) is 0 Å². The van der Waals surface area contributed by atoms with E-state index in [0.717, 1.165) is 0 Å². The first kappa shape index (κ1) is 13.4. The molecule has 0 radical (unpaired) electrons. The molecule has 8 heteroatoms. The van der Waals surface area contributed by atoms with Crippen molar-refractivity contribution in [2.75, 3.05) is 5.32 Å². The zero-order valence-corrected chi connectivity index (χ0v) is 11.6. The van der Waals surface area contributed by atoms with Crippen molar-refractivity contribution < 1.29 is 9.18 Å². The number of anilines is 1. The molecule has 106 valence electrons. The SMILES string of the molecule is Cc1cn2cc(NC(=O)c3cnc(Cl)nc3)cc(F)c2n1. The summed E-state index contributed by atoms with van der Waals surface area (Å²) < 4.78 is 15.4. The molecule has 1 amide bonds. The van der Waals surface area contributed by atoms with Gasteiger partial charge in [-0.05, 0) is 18.5 Å². The van der Waals surface area contributed by atoms with Crippen molar-refractivity contribution in [3.05, 3.63) is 53.2 Å². The molecule has 0 spiro atoms. The molecule has 0 bridgehead atoms. The second-order valence-corrected chi connectivity index (χ2v) is 4.72. The number of carbonyl (C=O) groups excluding carboxylic acids is 1. The molecule has 0 saturated carbocycles. The van der Waals surface area contributed by atoms with E-state index in [1.807, 2.05) is 0 Å². The number of hydrogen-bond donors (Lipinski definition) is 1. The van der Waals surface area contributed by atoms with E-state index in [-0.39, 0.29) is 16.5 Å². The highest BCUT2D eigenvalue weighted by atomic mass is 35.5. The van der Waals surface area contributed by atoms with E-state index < -0.39 is 11.7 Å². The molecule has 0 aliphatic rings. The number of hydrogen-bond acceptors (Lipinski definition) is 4. The first-order valence-electron chi connectivity index (χ1n) is 5.96. The molecule has 0 saturated heterocycles. The Bertz CT molecular complexity index is 830. The van der Waals surface area contributed by atoms with Crippen molar-refractivity contribution >= 4 is 28.8 Å². The fourth-order valence-corrected chi connectivity index (χ4v) is 1.98. The van der Waals surface area contributed by atoms with Crippen LogP contribution in [0.4, 0.5) is 10.1 Å². The lowest BCUT2D eigenvalue weighted by Crippen LogP contribution is -2.13. The van der Waals surface area contributed by atoms with E-state index in [1.54, 1.807) is 19.3 Å². The van der Waals surface area contributed by atoms with Gasteiger partial charge in [-0.3, -0.25) is 4.79 Å². The van der Waals surface area contributed by atoms with Gasteiger partial charge >= 0.3 is 0 Å². The number of nitrogens with one attached hydrogen (secondary N) is 1. The Kier molecular flexibility index (Phi) is 3.26. The van der Waals surface area contributed by atoms with Crippen LogP contribution in [0.3, 0.4) is 0 Å². The van der Waals surface area contributed by atoms with E-state index in [1.165, 1.54) is 22.9 Å².